The number of hydrogen-bond acceptors (Lipinski definition) is 5. The van der Waals surface area contributed by atoms with Crippen molar-refractivity contribution in [1.82, 2.24) is 30.3 Å². The molecular weight excluding hydrogens is 292 g/mol. The molecule has 0 saturated heterocycles. The summed E-state index contributed by atoms with van der Waals surface area (Å²) in [5.41, 5.74) is 2.83. The van der Waals surface area contributed by atoms with Crippen molar-refractivity contribution in [3.63, 3.8) is 0 Å². The lowest BCUT2D eigenvalue weighted by molar-refractivity contribution is 0.0945. The van der Waals surface area contributed by atoms with Gasteiger partial charge in [0.2, 0.25) is 0 Å². The van der Waals surface area contributed by atoms with Gasteiger partial charge in [0.1, 0.15) is 11.4 Å². The summed E-state index contributed by atoms with van der Waals surface area (Å²) in [4.78, 5) is 20.1. The van der Waals surface area contributed by atoms with Crippen LogP contribution in [0.25, 0.3) is 0 Å². The van der Waals surface area contributed by atoms with E-state index in [1.54, 1.807) is 17.8 Å². The number of aryl methyl sites for hydroxylation is 1. The zero-order valence-electron chi connectivity index (χ0n) is 12.7. The van der Waals surface area contributed by atoms with Crippen LogP contribution < -0.4 is 5.32 Å². The molecule has 2 heterocycles. The summed E-state index contributed by atoms with van der Waals surface area (Å²) < 4.78 is 1.74. The van der Waals surface area contributed by atoms with E-state index < -0.39 is 0 Å². The first-order valence-electron chi connectivity index (χ1n) is 7.20. The van der Waals surface area contributed by atoms with E-state index in [4.69, 9.17) is 0 Å². The molecule has 7 heteroatoms. The number of benzene rings is 1. The average molecular weight is 308 g/mol. The Bertz CT molecular complexity index is 799. The van der Waals surface area contributed by atoms with Gasteiger partial charge in [-0.05, 0) is 12.5 Å². The van der Waals surface area contributed by atoms with Gasteiger partial charge in [0.15, 0.2) is 0 Å². The van der Waals surface area contributed by atoms with Gasteiger partial charge < -0.3 is 5.32 Å². The Kier molecular flexibility index (Phi) is 4.37. The number of amides is 1. The van der Waals surface area contributed by atoms with Gasteiger partial charge in [0.25, 0.3) is 5.91 Å². The third-order valence-electron chi connectivity index (χ3n) is 3.19. The highest BCUT2D eigenvalue weighted by Gasteiger charge is 2.09. The van der Waals surface area contributed by atoms with Crippen molar-refractivity contribution in [2.45, 2.75) is 20.0 Å². The normalized spacial score (nSPS) is 10.5. The molecule has 23 heavy (non-hydrogen) atoms. The molecule has 1 N–H and O–H groups in total. The van der Waals surface area contributed by atoms with Crippen molar-refractivity contribution in [1.29, 1.82) is 0 Å². The van der Waals surface area contributed by atoms with Crippen LogP contribution in [-0.4, -0.2) is 30.9 Å². The molecule has 0 aliphatic rings. The Morgan fingerprint density at radius 3 is 2.83 bits per heavy atom. The second-order valence-electron chi connectivity index (χ2n) is 5.12. The van der Waals surface area contributed by atoms with Gasteiger partial charge >= 0.3 is 0 Å². The molecule has 3 rings (SSSR count). The van der Waals surface area contributed by atoms with E-state index in [0.717, 1.165) is 5.56 Å². The molecule has 0 fully saturated rings. The van der Waals surface area contributed by atoms with Gasteiger partial charge in [0, 0.05) is 6.20 Å². The fourth-order valence-electron chi connectivity index (χ4n) is 2.10. The van der Waals surface area contributed by atoms with E-state index in [-0.39, 0.29) is 5.91 Å². The molecule has 2 aromatic heterocycles. The first-order chi connectivity index (χ1) is 11.2. The van der Waals surface area contributed by atoms with Crippen LogP contribution in [0.15, 0.2) is 48.9 Å². The van der Waals surface area contributed by atoms with Gasteiger partial charge in [-0.2, -0.15) is 0 Å². The second kappa shape index (κ2) is 6.78. The summed E-state index contributed by atoms with van der Waals surface area (Å²) in [5.74, 6) is -0.279. The van der Waals surface area contributed by atoms with Crippen LogP contribution in [0.3, 0.4) is 0 Å². The summed E-state index contributed by atoms with van der Waals surface area (Å²) in [5, 5.41) is 10.9. The van der Waals surface area contributed by atoms with E-state index in [2.05, 4.69) is 25.6 Å². The number of aromatic nitrogens is 5. The third kappa shape index (κ3) is 3.97. The molecule has 0 bridgehead atoms. The first kappa shape index (κ1) is 14.8. The van der Waals surface area contributed by atoms with Crippen molar-refractivity contribution >= 4 is 5.91 Å². The number of rotatable bonds is 5. The second-order valence-corrected chi connectivity index (χ2v) is 5.12. The van der Waals surface area contributed by atoms with Crippen molar-refractivity contribution in [2.24, 2.45) is 0 Å². The molecular formula is C16H16N6O. The molecule has 0 atom stereocenters. The molecule has 7 nitrogen and oxygen atoms in total. The number of carbonyl (C=O) groups excluding carboxylic acids is 1. The predicted molar refractivity (Wildman–Crippen MR) is 83.5 cm³/mol. The van der Waals surface area contributed by atoms with Crippen LogP contribution in [0.4, 0.5) is 0 Å². The molecule has 0 spiro atoms. The highest BCUT2D eigenvalue weighted by molar-refractivity contribution is 5.91. The quantitative estimate of drug-likeness (QED) is 0.769. The molecule has 3 aromatic rings. The highest BCUT2D eigenvalue weighted by atomic mass is 16.1. The summed E-state index contributed by atoms with van der Waals surface area (Å²) in [7, 11) is 0. The zero-order valence-corrected chi connectivity index (χ0v) is 12.7. The molecule has 0 aliphatic carbocycles. The lowest BCUT2D eigenvalue weighted by atomic mass is 10.2. The minimum atomic E-state index is -0.279. The highest BCUT2D eigenvalue weighted by Crippen LogP contribution is 2.02. The van der Waals surface area contributed by atoms with Crippen LogP contribution in [0.5, 0.6) is 0 Å². The van der Waals surface area contributed by atoms with E-state index >= 15 is 0 Å². The van der Waals surface area contributed by atoms with E-state index in [1.807, 2.05) is 36.5 Å². The van der Waals surface area contributed by atoms with Gasteiger partial charge in [-0.3, -0.25) is 9.78 Å². The van der Waals surface area contributed by atoms with Gasteiger partial charge in [-0.25, -0.2) is 9.67 Å². The topological polar surface area (TPSA) is 85.6 Å². The Morgan fingerprint density at radius 2 is 2.04 bits per heavy atom. The number of carbonyl (C=O) groups is 1. The van der Waals surface area contributed by atoms with Crippen molar-refractivity contribution in [3.05, 3.63) is 71.6 Å². The Labute approximate surface area is 133 Å². The van der Waals surface area contributed by atoms with Crippen molar-refractivity contribution in [3.8, 4) is 0 Å². The van der Waals surface area contributed by atoms with Crippen LogP contribution in [-0.2, 0) is 13.1 Å². The molecule has 0 aliphatic heterocycles. The maximum absolute atomic E-state index is 12.0. The van der Waals surface area contributed by atoms with Crippen LogP contribution in [0.2, 0.25) is 0 Å². The van der Waals surface area contributed by atoms with Crippen LogP contribution >= 0.6 is 0 Å². The maximum Gasteiger partial charge on any atom is 0.271 e. The maximum atomic E-state index is 12.0. The summed E-state index contributed by atoms with van der Waals surface area (Å²) in [6.45, 7) is 2.73. The first-order valence-corrected chi connectivity index (χ1v) is 7.20. The number of nitrogens with zero attached hydrogens (tertiary/aromatic N) is 5. The van der Waals surface area contributed by atoms with Gasteiger partial charge in [-0.1, -0.05) is 35.5 Å². The van der Waals surface area contributed by atoms with Gasteiger partial charge in [0.05, 0.1) is 31.2 Å². The molecule has 0 radical (unpaired) electrons. The number of hydrogen-bond donors (Lipinski definition) is 1. The summed E-state index contributed by atoms with van der Waals surface area (Å²) in [6.07, 6.45) is 4.86. The smallest absolute Gasteiger partial charge is 0.271 e. The van der Waals surface area contributed by atoms with Crippen molar-refractivity contribution < 1.29 is 4.79 Å². The van der Waals surface area contributed by atoms with E-state index in [9.17, 15) is 4.79 Å². The minimum absolute atomic E-state index is 0.279. The molecule has 0 unspecified atom stereocenters. The Hall–Kier alpha value is -3.09. The molecule has 0 saturated carbocycles. The molecule has 1 aromatic carbocycles. The standard InChI is InChI=1S/C16H16N6O/c1-12-7-17-9-15(19-12)16(23)18-8-14-11-22(21-20-14)10-13-5-3-2-4-6-13/h2-7,9,11H,8,10H2,1H3,(H,18,23). The largest absolute Gasteiger partial charge is 0.345 e. The Balaban J connectivity index is 1.58. The minimum Gasteiger partial charge on any atom is -0.345 e. The van der Waals surface area contributed by atoms with Crippen molar-refractivity contribution in [2.75, 3.05) is 0 Å². The fraction of sp³-hybridized carbons (Fsp3) is 0.188. The van der Waals surface area contributed by atoms with E-state index in [1.165, 1.54) is 6.20 Å². The Morgan fingerprint density at radius 1 is 1.22 bits per heavy atom. The lowest BCUT2D eigenvalue weighted by Gasteiger charge is -2.02. The summed E-state index contributed by atoms with van der Waals surface area (Å²) >= 11 is 0. The number of nitrogens with one attached hydrogen (secondary N) is 1. The van der Waals surface area contributed by atoms with Crippen LogP contribution in [0, 0.1) is 6.92 Å². The monoisotopic (exact) mass is 308 g/mol. The molecule has 1 amide bonds. The zero-order chi connectivity index (χ0) is 16.1. The molecule has 116 valence electrons. The lowest BCUT2D eigenvalue weighted by Crippen LogP contribution is -2.24. The fourth-order valence-corrected chi connectivity index (χ4v) is 2.10. The predicted octanol–water partition coefficient (Wildman–Crippen LogP) is 1.35. The SMILES string of the molecule is Cc1cncc(C(=O)NCc2cn(Cc3ccccc3)nn2)n1. The van der Waals surface area contributed by atoms with Crippen LogP contribution in [0.1, 0.15) is 27.4 Å². The average Bonchev–Trinajstić information content (AvgIpc) is 3.01. The van der Waals surface area contributed by atoms with Gasteiger partial charge in [-0.15, -0.1) is 5.10 Å². The summed E-state index contributed by atoms with van der Waals surface area (Å²) in [6, 6.07) is 9.99. The third-order valence-corrected chi connectivity index (χ3v) is 3.19. The van der Waals surface area contributed by atoms with E-state index in [0.29, 0.717) is 30.2 Å².